The number of anilines is 1. The predicted octanol–water partition coefficient (Wildman–Crippen LogP) is 5.53. The lowest BCUT2D eigenvalue weighted by atomic mass is 9.58. The van der Waals surface area contributed by atoms with Crippen LogP contribution in [-0.2, 0) is 57.9 Å². The number of hydrogen-bond donors (Lipinski definition) is 4. The molecule has 4 amide bonds. The van der Waals surface area contributed by atoms with Gasteiger partial charge in [-0.2, -0.15) is 0 Å². The zero-order chi connectivity index (χ0) is 53.6. The number of ether oxygens (including phenoxy) is 2. The smallest absolute Gasteiger partial charge is 0.375 e. The number of piperidine rings is 1. The predicted molar refractivity (Wildman–Crippen MR) is 274 cm³/mol. The number of rotatable bonds is 13. The number of nitrogens with zero attached hydrogens (tertiary/aromatic N) is 4. The maximum Gasteiger partial charge on any atom is 0.412 e. The first-order chi connectivity index (χ1) is 35.7. The van der Waals surface area contributed by atoms with E-state index in [0.717, 1.165) is 11.1 Å². The zero-order valence-electron chi connectivity index (χ0n) is 42.9. The Morgan fingerprint density at radius 2 is 1.09 bits per heavy atom. The molecule has 75 heavy (non-hydrogen) atoms. The quantitative estimate of drug-likeness (QED) is 0.0956. The normalized spacial score (nSPS) is 29.4. The van der Waals surface area contributed by atoms with Gasteiger partial charge in [-0.15, -0.1) is 0 Å². The Hall–Kier alpha value is -6.76. The van der Waals surface area contributed by atoms with Crippen molar-refractivity contribution in [1.82, 2.24) is 14.7 Å². The summed E-state index contributed by atoms with van der Waals surface area (Å²) in [4.78, 5) is 92.0. The Bertz CT molecular complexity index is 2940. The molecule has 4 heterocycles. The SMILES string of the molecule is CC1CC(C2CCCN2[C@@](C(N)=O)(C(=O)OC(N)=O)C2(C)Cc3ccc2cc3)N(C)[C@@]1(c1cc(F)c(N2CCC(c3ccccc3)CC2)c(F)c1)C1CCCN1[C@@](C(N)=O)(C(=O)OC(N)=O)C1(C)Cc2ccc1cc2. The summed E-state index contributed by atoms with van der Waals surface area (Å²) < 4.78 is 45.7. The summed E-state index contributed by atoms with van der Waals surface area (Å²) in [6.45, 7) is 6.46. The first-order valence-corrected chi connectivity index (χ1v) is 26.1. The van der Waals surface area contributed by atoms with Crippen molar-refractivity contribution < 1.29 is 47.0 Å². The maximum atomic E-state index is 17.6. The largest absolute Gasteiger partial charge is 0.412 e. The van der Waals surface area contributed by atoms with E-state index >= 15 is 13.6 Å². The Labute approximate surface area is 435 Å². The van der Waals surface area contributed by atoms with Crippen LogP contribution in [0.1, 0.15) is 105 Å². The minimum atomic E-state index is -2.42. The number of fused-ring (bicyclic) bond motifs is 6. The van der Waals surface area contributed by atoms with E-state index in [1.165, 1.54) is 17.7 Å². The van der Waals surface area contributed by atoms with Gasteiger partial charge in [-0.3, -0.25) is 24.3 Å². The summed E-state index contributed by atoms with van der Waals surface area (Å²) in [6, 6.07) is 25.2. The van der Waals surface area contributed by atoms with Gasteiger partial charge in [0.25, 0.3) is 11.8 Å². The van der Waals surface area contributed by atoms with Crippen LogP contribution >= 0.6 is 0 Å². The van der Waals surface area contributed by atoms with Crippen molar-refractivity contribution in [2.45, 2.75) is 130 Å². The molecule has 4 aliphatic carbocycles. The van der Waals surface area contributed by atoms with E-state index in [-0.39, 0.29) is 55.9 Å². The summed E-state index contributed by atoms with van der Waals surface area (Å²) in [7, 11) is 1.82. The van der Waals surface area contributed by atoms with Crippen molar-refractivity contribution in [3.63, 3.8) is 0 Å². The summed E-state index contributed by atoms with van der Waals surface area (Å²) in [5.41, 5.74) is 19.2. The zero-order valence-corrected chi connectivity index (χ0v) is 42.9. The molecule has 4 aromatic carbocycles. The van der Waals surface area contributed by atoms with Crippen molar-refractivity contribution in [3.05, 3.63) is 136 Å². The molecular formula is C57H66F2N8O8. The van der Waals surface area contributed by atoms with E-state index in [4.69, 9.17) is 32.4 Å². The summed E-state index contributed by atoms with van der Waals surface area (Å²) in [6.07, 6.45) is 0.636. The van der Waals surface area contributed by atoms with Crippen LogP contribution in [0.5, 0.6) is 0 Å². The average molecular weight is 1030 g/mol. The molecule has 396 valence electrons. The lowest BCUT2D eigenvalue weighted by molar-refractivity contribution is -0.169. The van der Waals surface area contributed by atoms with Gasteiger partial charge in [-0.1, -0.05) is 99.6 Å². The molecule has 4 aromatic rings. The molecule has 0 spiro atoms. The number of likely N-dealkylation sites (N-methyl/N-ethyl adjacent to an activating group) is 1. The number of benzene rings is 4. The third-order valence-electron chi connectivity index (χ3n) is 18.9. The van der Waals surface area contributed by atoms with Gasteiger partial charge in [0.15, 0.2) is 0 Å². The highest BCUT2D eigenvalue weighted by atomic mass is 19.1. The van der Waals surface area contributed by atoms with E-state index in [0.29, 0.717) is 56.3 Å². The minimum Gasteiger partial charge on any atom is -0.375 e. The monoisotopic (exact) mass is 1030 g/mol. The molecule has 8 aliphatic rings. The number of amides is 4. The Morgan fingerprint density at radius 3 is 1.56 bits per heavy atom. The van der Waals surface area contributed by atoms with E-state index in [1.807, 2.05) is 73.5 Å². The second kappa shape index (κ2) is 18.8. The molecule has 6 unspecified atom stereocenters. The van der Waals surface area contributed by atoms with Crippen LogP contribution in [-0.4, -0.2) is 113 Å². The fourth-order valence-corrected chi connectivity index (χ4v) is 15.8. The van der Waals surface area contributed by atoms with Gasteiger partial charge >= 0.3 is 24.1 Å². The third kappa shape index (κ3) is 7.51. The molecule has 12 rings (SSSR count). The van der Waals surface area contributed by atoms with Gasteiger partial charge in [-0.05, 0) is 122 Å². The van der Waals surface area contributed by atoms with Crippen molar-refractivity contribution >= 4 is 41.6 Å². The number of nitrogens with two attached hydrogens (primary N) is 4. The van der Waals surface area contributed by atoms with Crippen LogP contribution in [0.4, 0.5) is 24.1 Å². The third-order valence-corrected chi connectivity index (χ3v) is 18.9. The van der Waals surface area contributed by atoms with Gasteiger partial charge < -0.3 is 37.3 Å². The van der Waals surface area contributed by atoms with Crippen molar-refractivity contribution in [1.29, 1.82) is 0 Å². The van der Waals surface area contributed by atoms with Crippen molar-refractivity contribution in [3.8, 4) is 0 Å². The Kier molecular flexibility index (Phi) is 13.0. The van der Waals surface area contributed by atoms with Gasteiger partial charge in [0.2, 0.25) is 11.1 Å². The van der Waals surface area contributed by atoms with Crippen LogP contribution in [0.2, 0.25) is 0 Å². The van der Waals surface area contributed by atoms with Gasteiger partial charge in [0.1, 0.15) is 17.3 Å². The van der Waals surface area contributed by atoms with Crippen molar-refractivity contribution in [2.24, 2.45) is 28.9 Å². The number of primary amides is 4. The topological polar surface area (TPSA) is 238 Å². The second-order valence-corrected chi connectivity index (χ2v) is 22.3. The molecule has 0 radical (unpaired) electrons. The molecule has 4 saturated heterocycles. The first-order valence-electron chi connectivity index (χ1n) is 26.1. The van der Waals surface area contributed by atoms with Crippen LogP contribution in [0.15, 0.2) is 91.0 Å². The van der Waals surface area contributed by atoms with E-state index in [9.17, 15) is 24.0 Å². The standard InChI is InChI=1S/C57H66F2N8O8/c1-33-28-44(43-12-8-24-66(43)56(47(60)68,49(70)74-51(62)72)53(2)31-34-14-18-38(53)19-15-34)64(4)55(33,40-29-41(58)46(42(59)30-40)65-26-22-37(23-27-65)36-10-6-5-7-11-36)45-13-9-25-67(45)57(48(61)69,50(71)75-52(63)73)54(3)32-35-16-20-39(54)21-17-35/h5-7,10-11,14-21,29-30,33,37,43-45H,8-9,12-13,22-28,31-32H2,1-4H3,(H2,60,68)(H2,61,69)(H2,62,72)(H2,63,73)/t33?,43?,44?,45?,53?,54?,55-,56-,57-/m0/s1. The average Bonchev–Trinajstić information content (AvgIpc) is 4.11. The van der Waals surface area contributed by atoms with Gasteiger partial charge in [-0.25, -0.2) is 28.0 Å². The van der Waals surface area contributed by atoms with E-state index in [1.54, 1.807) is 40.7 Å². The van der Waals surface area contributed by atoms with Crippen LogP contribution < -0.4 is 27.8 Å². The number of halogens is 2. The van der Waals surface area contributed by atoms with Crippen LogP contribution in [0.3, 0.4) is 0 Å². The number of carbonyl (C=O) groups is 6. The number of carbonyl (C=O) groups excluding carboxylic acids is 6. The molecule has 9 atom stereocenters. The molecule has 0 saturated carbocycles. The summed E-state index contributed by atoms with van der Waals surface area (Å²) in [5.74, 6) is -6.61. The molecule has 8 N–H and O–H groups in total. The number of hydrogen-bond acceptors (Lipinski definition) is 12. The summed E-state index contributed by atoms with van der Waals surface area (Å²) >= 11 is 0. The van der Waals surface area contributed by atoms with Crippen LogP contribution in [0.25, 0.3) is 0 Å². The van der Waals surface area contributed by atoms with E-state index in [2.05, 4.69) is 12.1 Å². The highest BCUT2D eigenvalue weighted by Crippen LogP contribution is 2.59. The fourth-order valence-electron chi connectivity index (χ4n) is 15.8. The maximum absolute atomic E-state index is 17.6. The molecule has 4 bridgehead atoms. The molecule has 4 aliphatic heterocycles. The van der Waals surface area contributed by atoms with Gasteiger partial charge in [0, 0.05) is 55.1 Å². The Morgan fingerprint density at radius 1 is 0.613 bits per heavy atom. The van der Waals surface area contributed by atoms with E-state index < -0.39 is 99.1 Å². The number of likely N-dealkylation sites (tertiary alicyclic amines) is 3. The Balaban J connectivity index is 1.14. The molecular weight excluding hydrogens is 963 g/mol. The van der Waals surface area contributed by atoms with Gasteiger partial charge in [0.05, 0.1) is 5.54 Å². The molecule has 16 nitrogen and oxygen atoms in total. The van der Waals surface area contributed by atoms with Crippen LogP contribution in [0, 0.1) is 17.6 Å². The van der Waals surface area contributed by atoms with Crippen molar-refractivity contribution in [2.75, 3.05) is 38.1 Å². The minimum absolute atomic E-state index is 0.0651. The highest BCUT2D eigenvalue weighted by Gasteiger charge is 2.72. The molecule has 4 fully saturated rings. The molecule has 0 aromatic heterocycles. The molecule has 18 heteroatoms. The lowest BCUT2D eigenvalue weighted by Crippen LogP contribution is -2.77. The highest BCUT2D eigenvalue weighted by molar-refractivity contribution is 6.12. The lowest BCUT2D eigenvalue weighted by Gasteiger charge is -2.58. The summed E-state index contributed by atoms with van der Waals surface area (Å²) in [5, 5.41) is 0. The fraction of sp³-hybridized carbons (Fsp3) is 0.474. The second-order valence-electron chi connectivity index (χ2n) is 22.3. The first kappa shape index (κ1) is 51.7. The number of esters is 2.